The quantitative estimate of drug-likeness (QED) is 0.509. The molecule has 0 unspecified atom stereocenters. The van der Waals surface area contributed by atoms with Crippen molar-refractivity contribution in [3.8, 4) is 11.4 Å². The third-order valence-corrected chi connectivity index (χ3v) is 6.11. The Morgan fingerprint density at radius 2 is 1.73 bits per heavy atom. The number of thioether (sulfide) groups is 1. The molecule has 0 spiro atoms. The smallest absolute Gasteiger partial charge is 0.234 e. The van der Waals surface area contributed by atoms with Crippen molar-refractivity contribution in [2.75, 3.05) is 29.1 Å². The van der Waals surface area contributed by atoms with Crippen LogP contribution >= 0.6 is 11.8 Å². The molecule has 3 aromatic rings. The second kappa shape index (κ2) is 10.3. The average molecular weight is 424 g/mol. The van der Waals surface area contributed by atoms with Gasteiger partial charge >= 0.3 is 0 Å². The fourth-order valence-electron chi connectivity index (χ4n) is 3.37. The van der Waals surface area contributed by atoms with E-state index in [9.17, 15) is 4.79 Å². The summed E-state index contributed by atoms with van der Waals surface area (Å²) in [7, 11) is 1.93. The number of hydrogen-bond acceptors (Lipinski definition) is 5. The van der Waals surface area contributed by atoms with Gasteiger partial charge in [-0.25, -0.2) is 0 Å². The standard InChI is InChI=1S/C23H29N5OS/c1-5-17-10-8-9-11-20(17)24-21(29)16-30-23-26-25-22(27(23)4)18-12-14-19(15-13-18)28(6-2)7-3/h8-15H,5-7,16H2,1-4H3,(H,24,29). The van der Waals surface area contributed by atoms with Gasteiger partial charge in [0, 0.05) is 37.1 Å². The van der Waals surface area contributed by atoms with Crippen molar-refractivity contribution in [3.63, 3.8) is 0 Å². The number of aromatic nitrogens is 3. The summed E-state index contributed by atoms with van der Waals surface area (Å²) in [4.78, 5) is 14.7. The molecule has 1 aromatic heterocycles. The van der Waals surface area contributed by atoms with E-state index < -0.39 is 0 Å². The minimum atomic E-state index is -0.0472. The van der Waals surface area contributed by atoms with E-state index in [1.54, 1.807) is 0 Å². The molecule has 0 atom stereocenters. The molecule has 158 valence electrons. The van der Waals surface area contributed by atoms with Crippen molar-refractivity contribution >= 4 is 29.0 Å². The van der Waals surface area contributed by atoms with E-state index in [0.717, 1.165) is 47.3 Å². The van der Waals surface area contributed by atoms with Crippen LogP contribution in [0, 0.1) is 0 Å². The lowest BCUT2D eigenvalue weighted by Crippen LogP contribution is -2.21. The number of amides is 1. The Morgan fingerprint density at radius 1 is 1.03 bits per heavy atom. The number of aryl methyl sites for hydroxylation is 1. The van der Waals surface area contributed by atoms with Gasteiger partial charge < -0.3 is 14.8 Å². The minimum Gasteiger partial charge on any atom is -0.372 e. The van der Waals surface area contributed by atoms with Gasteiger partial charge in [0.25, 0.3) is 0 Å². The number of hydrogen-bond donors (Lipinski definition) is 1. The van der Waals surface area contributed by atoms with Crippen molar-refractivity contribution < 1.29 is 4.79 Å². The van der Waals surface area contributed by atoms with Crippen molar-refractivity contribution in [2.45, 2.75) is 32.3 Å². The first-order chi connectivity index (χ1) is 14.6. The Balaban J connectivity index is 1.65. The van der Waals surface area contributed by atoms with Gasteiger partial charge in [-0.2, -0.15) is 0 Å². The van der Waals surface area contributed by atoms with Gasteiger partial charge in [0.15, 0.2) is 11.0 Å². The molecule has 0 aliphatic rings. The summed E-state index contributed by atoms with van der Waals surface area (Å²) in [6, 6.07) is 16.3. The minimum absolute atomic E-state index is 0.0472. The highest BCUT2D eigenvalue weighted by molar-refractivity contribution is 7.99. The van der Waals surface area contributed by atoms with Gasteiger partial charge in [-0.15, -0.1) is 10.2 Å². The summed E-state index contributed by atoms with van der Waals surface area (Å²) in [5.41, 5.74) is 4.21. The van der Waals surface area contributed by atoms with Crippen LogP contribution in [-0.4, -0.2) is 39.5 Å². The van der Waals surface area contributed by atoms with Crippen LogP contribution in [0.25, 0.3) is 11.4 Å². The molecule has 1 N–H and O–H groups in total. The number of nitrogens with zero attached hydrogens (tertiary/aromatic N) is 4. The molecule has 1 amide bonds. The molecule has 0 fully saturated rings. The van der Waals surface area contributed by atoms with Crippen LogP contribution in [0.3, 0.4) is 0 Å². The number of rotatable bonds is 9. The predicted molar refractivity (Wildman–Crippen MR) is 125 cm³/mol. The van der Waals surface area contributed by atoms with Crippen molar-refractivity contribution in [1.29, 1.82) is 0 Å². The zero-order valence-electron chi connectivity index (χ0n) is 18.1. The number of anilines is 2. The Kier molecular flexibility index (Phi) is 7.52. The lowest BCUT2D eigenvalue weighted by molar-refractivity contribution is -0.113. The van der Waals surface area contributed by atoms with Gasteiger partial charge in [0.05, 0.1) is 5.75 Å². The number of carbonyl (C=O) groups is 1. The van der Waals surface area contributed by atoms with E-state index in [1.807, 2.05) is 35.9 Å². The average Bonchev–Trinajstić information content (AvgIpc) is 3.14. The summed E-state index contributed by atoms with van der Waals surface area (Å²) >= 11 is 1.39. The summed E-state index contributed by atoms with van der Waals surface area (Å²) < 4.78 is 1.93. The molecular formula is C23H29N5OS. The normalized spacial score (nSPS) is 10.8. The van der Waals surface area contributed by atoms with Crippen LogP contribution in [0.4, 0.5) is 11.4 Å². The second-order valence-electron chi connectivity index (χ2n) is 6.93. The van der Waals surface area contributed by atoms with E-state index >= 15 is 0 Å². The Labute approximate surface area is 182 Å². The molecule has 0 aliphatic carbocycles. The van der Waals surface area contributed by atoms with E-state index in [4.69, 9.17) is 0 Å². The SMILES string of the molecule is CCc1ccccc1NC(=O)CSc1nnc(-c2ccc(N(CC)CC)cc2)n1C. The first-order valence-corrected chi connectivity index (χ1v) is 11.3. The third-order valence-electron chi connectivity index (χ3n) is 5.09. The van der Waals surface area contributed by atoms with Gasteiger partial charge in [0.2, 0.25) is 5.91 Å². The summed E-state index contributed by atoms with van der Waals surface area (Å²) in [5.74, 6) is 1.03. The first kappa shape index (κ1) is 21.9. The molecule has 30 heavy (non-hydrogen) atoms. The van der Waals surface area contributed by atoms with E-state index in [0.29, 0.717) is 0 Å². The van der Waals surface area contributed by atoms with E-state index in [-0.39, 0.29) is 11.7 Å². The fourth-order valence-corrected chi connectivity index (χ4v) is 4.08. The zero-order chi connectivity index (χ0) is 21.5. The molecule has 6 nitrogen and oxygen atoms in total. The zero-order valence-corrected chi connectivity index (χ0v) is 18.9. The highest BCUT2D eigenvalue weighted by Crippen LogP contribution is 2.25. The maximum atomic E-state index is 12.4. The van der Waals surface area contributed by atoms with Crippen LogP contribution in [-0.2, 0) is 18.3 Å². The topological polar surface area (TPSA) is 63.1 Å². The maximum absolute atomic E-state index is 12.4. The molecular weight excluding hydrogens is 394 g/mol. The molecule has 0 bridgehead atoms. The largest absolute Gasteiger partial charge is 0.372 e. The highest BCUT2D eigenvalue weighted by atomic mass is 32.2. The number of benzene rings is 2. The molecule has 0 radical (unpaired) electrons. The number of nitrogens with one attached hydrogen (secondary N) is 1. The molecule has 1 heterocycles. The Bertz CT molecular complexity index is 980. The lowest BCUT2D eigenvalue weighted by Gasteiger charge is -2.21. The van der Waals surface area contributed by atoms with Gasteiger partial charge in [-0.1, -0.05) is 36.9 Å². The monoisotopic (exact) mass is 423 g/mol. The third kappa shape index (κ3) is 5.02. The van der Waals surface area contributed by atoms with Gasteiger partial charge in [0.1, 0.15) is 0 Å². The lowest BCUT2D eigenvalue weighted by atomic mass is 10.1. The van der Waals surface area contributed by atoms with Gasteiger partial charge in [-0.3, -0.25) is 4.79 Å². The highest BCUT2D eigenvalue weighted by Gasteiger charge is 2.14. The summed E-state index contributed by atoms with van der Waals surface area (Å²) in [6.45, 7) is 8.34. The van der Waals surface area contributed by atoms with E-state index in [1.165, 1.54) is 17.4 Å². The Morgan fingerprint density at radius 3 is 2.40 bits per heavy atom. The van der Waals surface area contributed by atoms with E-state index in [2.05, 4.69) is 65.5 Å². The van der Waals surface area contributed by atoms with Crippen LogP contribution < -0.4 is 10.2 Å². The second-order valence-corrected chi connectivity index (χ2v) is 7.87. The molecule has 3 rings (SSSR count). The molecule has 2 aromatic carbocycles. The molecule has 0 aliphatic heterocycles. The maximum Gasteiger partial charge on any atom is 0.234 e. The molecule has 7 heteroatoms. The van der Waals surface area contributed by atoms with Crippen LogP contribution in [0.5, 0.6) is 0 Å². The molecule has 0 saturated heterocycles. The summed E-state index contributed by atoms with van der Waals surface area (Å²) in [6.07, 6.45) is 0.878. The van der Waals surface area contributed by atoms with Crippen LogP contribution in [0.15, 0.2) is 53.7 Å². The predicted octanol–water partition coefficient (Wildman–Crippen LogP) is 4.62. The number of carbonyl (C=O) groups excluding carboxylic acids is 1. The van der Waals surface area contributed by atoms with Crippen LogP contribution in [0.1, 0.15) is 26.3 Å². The first-order valence-electron chi connectivity index (χ1n) is 10.3. The van der Waals surface area contributed by atoms with Crippen LogP contribution in [0.2, 0.25) is 0 Å². The number of para-hydroxylation sites is 1. The molecule has 0 saturated carbocycles. The van der Waals surface area contributed by atoms with Crippen molar-refractivity contribution in [1.82, 2.24) is 14.8 Å². The summed E-state index contributed by atoms with van der Waals surface area (Å²) in [5, 5.41) is 12.3. The van der Waals surface area contributed by atoms with Crippen molar-refractivity contribution in [3.05, 3.63) is 54.1 Å². The van der Waals surface area contributed by atoms with Gasteiger partial charge in [-0.05, 0) is 56.2 Å². The van der Waals surface area contributed by atoms with Crippen molar-refractivity contribution in [2.24, 2.45) is 7.05 Å². The Hall–Kier alpha value is -2.80. The fraction of sp³-hybridized carbons (Fsp3) is 0.348.